The van der Waals surface area contributed by atoms with Crippen LogP contribution < -0.4 is 5.32 Å². The second-order valence-corrected chi connectivity index (χ2v) is 5.02. The first-order chi connectivity index (χ1) is 9.08. The third-order valence-electron chi connectivity index (χ3n) is 3.07. The van der Waals surface area contributed by atoms with Crippen LogP contribution in [0.25, 0.3) is 0 Å². The highest BCUT2D eigenvalue weighted by Gasteiger charge is 2.14. The fourth-order valence-corrected chi connectivity index (χ4v) is 2.19. The number of nitrogens with one attached hydrogen (secondary N) is 1. The molecule has 0 spiro atoms. The number of rotatable bonds is 5. The van der Waals surface area contributed by atoms with Gasteiger partial charge in [-0.2, -0.15) is 0 Å². The highest BCUT2D eigenvalue weighted by molar-refractivity contribution is 6.31. The van der Waals surface area contributed by atoms with Gasteiger partial charge in [-0.1, -0.05) is 29.8 Å². The minimum absolute atomic E-state index is 0.0471. The van der Waals surface area contributed by atoms with Crippen LogP contribution in [0.1, 0.15) is 36.2 Å². The second kappa shape index (κ2) is 6.24. The van der Waals surface area contributed by atoms with E-state index in [0.29, 0.717) is 11.6 Å². The number of aryl methyl sites for hydroxylation is 1. The molecule has 1 aromatic heterocycles. The lowest BCUT2D eigenvalue weighted by molar-refractivity contribution is 0.169. The van der Waals surface area contributed by atoms with Gasteiger partial charge in [0.15, 0.2) is 0 Å². The van der Waals surface area contributed by atoms with Gasteiger partial charge in [0.1, 0.15) is 11.5 Å². The van der Waals surface area contributed by atoms with Crippen molar-refractivity contribution in [3.8, 4) is 0 Å². The van der Waals surface area contributed by atoms with Gasteiger partial charge >= 0.3 is 0 Å². The van der Waals surface area contributed by atoms with Crippen molar-refractivity contribution in [1.82, 2.24) is 5.32 Å². The molecule has 0 amide bonds. The molecule has 1 aromatic carbocycles. The maximum Gasteiger partial charge on any atom is 0.120 e. The van der Waals surface area contributed by atoms with E-state index in [1.807, 2.05) is 44.2 Å². The Morgan fingerprint density at radius 1 is 1.26 bits per heavy atom. The van der Waals surface area contributed by atoms with Crippen molar-refractivity contribution >= 4 is 11.6 Å². The smallest absolute Gasteiger partial charge is 0.120 e. The fraction of sp³-hybridized carbons (Fsp3) is 0.333. The molecule has 0 aliphatic carbocycles. The first kappa shape index (κ1) is 14.1. The third kappa shape index (κ3) is 3.60. The molecule has 1 heterocycles. The lowest BCUT2D eigenvalue weighted by Crippen LogP contribution is -2.24. The summed E-state index contributed by atoms with van der Waals surface area (Å²) in [4.78, 5) is 0. The lowest BCUT2D eigenvalue weighted by Gasteiger charge is -2.16. The van der Waals surface area contributed by atoms with Gasteiger partial charge in [0, 0.05) is 17.1 Å². The molecule has 102 valence electrons. The van der Waals surface area contributed by atoms with Crippen molar-refractivity contribution in [2.75, 3.05) is 6.54 Å². The summed E-state index contributed by atoms with van der Waals surface area (Å²) in [6, 6.07) is 11.2. The molecule has 0 aliphatic heterocycles. The molecule has 0 saturated heterocycles. The van der Waals surface area contributed by atoms with Gasteiger partial charge in [-0.05, 0) is 32.0 Å². The molecular formula is C15H18ClNO2. The predicted molar refractivity (Wildman–Crippen MR) is 76.3 cm³/mol. The molecule has 2 atom stereocenters. The van der Waals surface area contributed by atoms with Crippen molar-refractivity contribution in [3.05, 3.63) is 58.5 Å². The van der Waals surface area contributed by atoms with E-state index in [9.17, 15) is 5.11 Å². The predicted octanol–water partition coefficient (Wildman–Crippen LogP) is 3.63. The minimum atomic E-state index is -0.632. The Kier molecular flexibility index (Phi) is 4.64. The molecule has 0 radical (unpaired) electrons. The summed E-state index contributed by atoms with van der Waals surface area (Å²) in [5.41, 5.74) is 0.736. The number of hydrogen-bond donors (Lipinski definition) is 2. The van der Waals surface area contributed by atoms with Crippen molar-refractivity contribution in [3.63, 3.8) is 0 Å². The molecule has 3 nitrogen and oxygen atoms in total. The standard InChI is InChI=1S/C15H18ClNO2/c1-10-7-8-15(19-10)11(2)17-9-14(18)12-5-3-4-6-13(12)16/h3-8,11,14,17-18H,9H2,1-2H3. The van der Waals surface area contributed by atoms with Crippen LogP contribution in [0.5, 0.6) is 0 Å². The Morgan fingerprint density at radius 3 is 2.63 bits per heavy atom. The van der Waals surface area contributed by atoms with Crippen molar-refractivity contribution in [2.45, 2.75) is 26.0 Å². The SMILES string of the molecule is Cc1ccc(C(C)NCC(O)c2ccccc2Cl)o1. The van der Waals surface area contributed by atoms with Crippen LogP contribution >= 0.6 is 11.6 Å². The van der Waals surface area contributed by atoms with E-state index in [1.165, 1.54) is 0 Å². The summed E-state index contributed by atoms with van der Waals surface area (Å²) in [5, 5.41) is 13.9. The topological polar surface area (TPSA) is 45.4 Å². The van der Waals surface area contributed by atoms with Crippen LogP contribution in [-0.4, -0.2) is 11.7 Å². The minimum Gasteiger partial charge on any atom is -0.465 e. The van der Waals surface area contributed by atoms with E-state index in [4.69, 9.17) is 16.0 Å². The molecule has 19 heavy (non-hydrogen) atoms. The maximum absolute atomic E-state index is 10.1. The molecule has 2 N–H and O–H groups in total. The van der Waals surface area contributed by atoms with Crippen LogP contribution in [0, 0.1) is 6.92 Å². The Balaban J connectivity index is 1.94. The van der Waals surface area contributed by atoms with Gasteiger partial charge in [0.2, 0.25) is 0 Å². The number of aliphatic hydroxyl groups is 1. The van der Waals surface area contributed by atoms with Gasteiger partial charge in [0.05, 0.1) is 12.1 Å². The van der Waals surface area contributed by atoms with Crippen LogP contribution in [-0.2, 0) is 0 Å². The van der Waals surface area contributed by atoms with Crippen LogP contribution in [0.2, 0.25) is 5.02 Å². The molecule has 4 heteroatoms. The van der Waals surface area contributed by atoms with Crippen LogP contribution in [0.3, 0.4) is 0 Å². The van der Waals surface area contributed by atoms with E-state index in [1.54, 1.807) is 6.07 Å². The molecule has 0 bridgehead atoms. The number of hydrogen-bond acceptors (Lipinski definition) is 3. The van der Waals surface area contributed by atoms with Crippen LogP contribution in [0.4, 0.5) is 0 Å². The normalized spacial score (nSPS) is 14.3. The molecule has 2 aromatic rings. The molecule has 0 fully saturated rings. The Labute approximate surface area is 118 Å². The van der Waals surface area contributed by atoms with Crippen molar-refractivity contribution in [1.29, 1.82) is 0 Å². The number of halogens is 1. The molecule has 0 saturated carbocycles. The quantitative estimate of drug-likeness (QED) is 0.878. The highest BCUT2D eigenvalue weighted by Crippen LogP contribution is 2.23. The highest BCUT2D eigenvalue weighted by atomic mass is 35.5. The molecular weight excluding hydrogens is 262 g/mol. The van der Waals surface area contributed by atoms with E-state index in [2.05, 4.69) is 5.32 Å². The summed E-state index contributed by atoms with van der Waals surface area (Å²) < 4.78 is 5.54. The summed E-state index contributed by atoms with van der Waals surface area (Å²) in [6.45, 7) is 4.33. The van der Waals surface area contributed by atoms with E-state index in [0.717, 1.165) is 17.1 Å². The monoisotopic (exact) mass is 279 g/mol. The Bertz CT molecular complexity index is 538. The zero-order valence-electron chi connectivity index (χ0n) is 11.1. The van der Waals surface area contributed by atoms with E-state index >= 15 is 0 Å². The Morgan fingerprint density at radius 2 is 2.00 bits per heavy atom. The fourth-order valence-electron chi connectivity index (χ4n) is 1.93. The lowest BCUT2D eigenvalue weighted by atomic mass is 10.1. The summed E-state index contributed by atoms with van der Waals surface area (Å²) >= 11 is 6.05. The van der Waals surface area contributed by atoms with Crippen molar-refractivity contribution < 1.29 is 9.52 Å². The maximum atomic E-state index is 10.1. The summed E-state index contributed by atoms with van der Waals surface area (Å²) in [6.07, 6.45) is -0.632. The van der Waals surface area contributed by atoms with Crippen LogP contribution in [0.15, 0.2) is 40.8 Å². The molecule has 0 aliphatic rings. The van der Waals surface area contributed by atoms with Gasteiger partial charge in [-0.3, -0.25) is 0 Å². The zero-order valence-corrected chi connectivity index (χ0v) is 11.8. The summed E-state index contributed by atoms with van der Waals surface area (Å²) in [5.74, 6) is 1.75. The number of benzene rings is 1. The number of aliphatic hydroxyl groups excluding tert-OH is 1. The average Bonchev–Trinajstić information content (AvgIpc) is 2.83. The molecule has 2 unspecified atom stereocenters. The number of furan rings is 1. The van der Waals surface area contributed by atoms with E-state index < -0.39 is 6.10 Å². The van der Waals surface area contributed by atoms with Gasteiger partial charge in [-0.15, -0.1) is 0 Å². The van der Waals surface area contributed by atoms with Crippen molar-refractivity contribution in [2.24, 2.45) is 0 Å². The summed E-state index contributed by atoms with van der Waals surface area (Å²) in [7, 11) is 0. The Hall–Kier alpha value is -1.29. The van der Waals surface area contributed by atoms with Gasteiger partial charge < -0.3 is 14.8 Å². The molecule has 2 rings (SSSR count). The van der Waals surface area contributed by atoms with Gasteiger partial charge in [0.25, 0.3) is 0 Å². The second-order valence-electron chi connectivity index (χ2n) is 4.62. The largest absolute Gasteiger partial charge is 0.465 e. The van der Waals surface area contributed by atoms with E-state index in [-0.39, 0.29) is 6.04 Å². The van der Waals surface area contributed by atoms with Gasteiger partial charge in [-0.25, -0.2) is 0 Å². The average molecular weight is 280 g/mol. The third-order valence-corrected chi connectivity index (χ3v) is 3.41. The zero-order chi connectivity index (χ0) is 13.8. The first-order valence-electron chi connectivity index (χ1n) is 6.30. The first-order valence-corrected chi connectivity index (χ1v) is 6.68.